The Morgan fingerprint density at radius 1 is 1.00 bits per heavy atom. The number of benzene rings is 1. The quantitative estimate of drug-likeness (QED) is 0.922. The Morgan fingerprint density at radius 3 is 2.48 bits per heavy atom. The predicted molar refractivity (Wildman–Crippen MR) is 94.3 cm³/mol. The first-order chi connectivity index (χ1) is 12.1. The summed E-state index contributed by atoms with van der Waals surface area (Å²) in [4.78, 5) is 9.01. The summed E-state index contributed by atoms with van der Waals surface area (Å²) in [7, 11) is 0. The van der Waals surface area contributed by atoms with Crippen molar-refractivity contribution in [3.63, 3.8) is 0 Å². The van der Waals surface area contributed by atoms with Crippen molar-refractivity contribution < 1.29 is 14.2 Å². The van der Waals surface area contributed by atoms with Crippen LogP contribution in [0.2, 0.25) is 0 Å². The van der Waals surface area contributed by atoms with Crippen molar-refractivity contribution in [2.24, 2.45) is 0 Å². The van der Waals surface area contributed by atoms with E-state index in [4.69, 9.17) is 14.2 Å². The fraction of sp³-hybridized carbons (Fsp3) is 0.474. The summed E-state index contributed by atoms with van der Waals surface area (Å²) in [6.45, 7) is 6.54. The van der Waals surface area contributed by atoms with Crippen LogP contribution < -0.4 is 14.8 Å². The SMILES string of the molecule is Cc1cc(C)nc(NCC2(c3ccc4c(c3)OCO4)CCOCC2)n1. The van der Waals surface area contributed by atoms with Gasteiger partial charge in [-0.15, -0.1) is 0 Å². The van der Waals surface area contributed by atoms with Crippen LogP contribution in [0.15, 0.2) is 24.3 Å². The van der Waals surface area contributed by atoms with Gasteiger partial charge in [-0.3, -0.25) is 0 Å². The predicted octanol–water partition coefficient (Wildman–Crippen LogP) is 2.98. The summed E-state index contributed by atoms with van der Waals surface area (Å²) in [6.07, 6.45) is 1.90. The van der Waals surface area contributed by atoms with Crippen LogP contribution >= 0.6 is 0 Å². The maximum absolute atomic E-state index is 5.61. The molecule has 2 aliphatic heterocycles. The number of fused-ring (bicyclic) bond motifs is 1. The summed E-state index contributed by atoms with van der Waals surface area (Å²) in [6, 6.07) is 8.23. The van der Waals surface area contributed by atoms with Gasteiger partial charge in [-0.25, -0.2) is 9.97 Å². The van der Waals surface area contributed by atoms with Crippen molar-refractivity contribution in [3.05, 3.63) is 41.2 Å². The lowest BCUT2D eigenvalue weighted by Gasteiger charge is -2.38. The Bertz CT molecular complexity index is 752. The highest BCUT2D eigenvalue weighted by atomic mass is 16.7. The molecule has 3 heterocycles. The second-order valence-corrected chi connectivity index (χ2v) is 6.79. The zero-order valence-electron chi connectivity index (χ0n) is 14.7. The van der Waals surface area contributed by atoms with Crippen LogP contribution in [0.25, 0.3) is 0 Å². The van der Waals surface area contributed by atoms with Crippen molar-refractivity contribution in [3.8, 4) is 11.5 Å². The topological polar surface area (TPSA) is 65.5 Å². The minimum Gasteiger partial charge on any atom is -0.454 e. The summed E-state index contributed by atoms with van der Waals surface area (Å²) in [5.41, 5.74) is 3.16. The largest absolute Gasteiger partial charge is 0.454 e. The molecule has 0 aliphatic carbocycles. The number of anilines is 1. The molecule has 132 valence electrons. The number of nitrogens with zero attached hydrogens (tertiary/aromatic N) is 2. The van der Waals surface area contributed by atoms with E-state index in [1.165, 1.54) is 5.56 Å². The fourth-order valence-corrected chi connectivity index (χ4v) is 3.61. The van der Waals surface area contributed by atoms with Crippen molar-refractivity contribution in [1.29, 1.82) is 0 Å². The molecule has 0 radical (unpaired) electrons. The summed E-state index contributed by atoms with van der Waals surface area (Å²) in [5.74, 6) is 2.33. The Morgan fingerprint density at radius 2 is 1.72 bits per heavy atom. The standard InChI is InChI=1S/C19H23N3O3/c1-13-9-14(2)22-18(21-13)20-11-19(5-7-23-8-6-19)15-3-4-16-17(10-15)25-12-24-16/h3-4,9-10H,5-8,11-12H2,1-2H3,(H,20,21,22). The average Bonchev–Trinajstić information content (AvgIpc) is 3.08. The van der Waals surface area contributed by atoms with Crippen LogP contribution in [-0.4, -0.2) is 36.5 Å². The number of hydrogen-bond acceptors (Lipinski definition) is 6. The van der Waals surface area contributed by atoms with Gasteiger partial charge in [0.2, 0.25) is 12.7 Å². The molecule has 6 heteroatoms. The Labute approximate surface area is 147 Å². The van der Waals surface area contributed by atoms with E-state index in [9.17, 15) is 0 Å². The lowest BCUT2D eigenvalue weighted by Crippen LogP contribution is -2.40. The highest BCUT2D eigenvalue weighted by Gasteiger charge is 2.35. The summed E-state index contributed by atoms with van der Waals surface area (Å²) < 4.78 is 16.6. The van der Waals surface area contributed by atoms with Gasteiger partial charge in [0.1, 0.15) is 0 Å². The van der Waals surface area contributed by atoms with Crippen molar-refractivity contribution in [1.82, 2.24) is 9.97 Å². The fourth-order valence-electron chi connectivity index (χ4n) is 3.61. The molecular formula is C19H23N3O3. The zero-order valence-corrected chi connectivity index (χ0v) is 14.7. The van der Waals surface area contributed by atoms with E-state index in [2.05, 4.69) is 27.4 Å². The van der Waals surface area contributed by atoms with E-state index in [-0.39, 0.29) is 5.41 Å². The van der Waals surface area contributed by atoms with E-state index in [1.54, 1.807) is 0 Å². The van der Waals surface area contributed by atoms with Gasteiger partial charge in [-0.1, -0.05) is 6.07 Å². The van der Waals surface area contributed by atoms with E-state index in [0.717, 1.165) is 55.5 Å². The number of nitrogens with one attached hydrogen (secondary N) is 1. The Kier molecular flexibility index (Phi) is 4.21. The molecule has 25 heavy (non-hydrogen) atoms. The lowest BCUT2D eigenvalue weighted by atomic mass is 9.74. The maximum atomic E-state index is 5.61. The van der Waals surface area contributed by atoms with Gasteiger partial charge in [0.25, 0.3) is 0 Å². The van der Waals surface area contributed by atoms with Crippen LogP contribution in [0.3, 0.4) is 0 Å². The third-order valence-corrected chi connectivity index (χ3v) is 5.00. The molecule has 6 nitrogen and oxygen atoms in total. The number of rotatable bonds is 4. The molecule has 0 unspecified atom stereocenters. The van der Waals surface area contributed by atoms with E-state index >= 15 is 0 Å². The van der Waals surface area contributed by atoms with Crippen molar-refractivity contribution >= 4 is 5.95 Å². The number of hydrogen-bond donors (Lipinski definition) is 1. The van der Waals surface area contributed by atoms with E-state index in [0.29, 0.717) is 12.7 Å². The molecule has 1 saturated heterocycles. The maximum Gasteiger partial charge on any atom is 0.231 e. The van der Waals surface area contributed by atoms with Crippen molar-refractivity contribution in [2.45, 2.75) is 32.1 Å². The molecule has 0 spiro atoms. The van der Waals surface area contributed by atoms with Crippen LogP contribution in [0.1, 0.15) is 29.8 Å². The molecule has 4 rings (SSSR count). The smallest absolute Gasteiger partial charge is 0.231 e. The highest BCUT2D eigenvalue weighted by molar-refractivity contribution is 5.47. The van der Waals surface area contributed by atoms with E-state index < -0.39 is 0 Å². The second-order valence-electron chi connectivity index (χ2n) is 6.79. The van der Waals surface area contributed by atoms with Gasteiger partial charge in [0.15, 0.2) is 11.5 Å². The van der Waals surface area contributed by atoms with Gasteiger partial charge >= 0.3 is 0 Å². The Balaban J connectivity index is 1.61. The molecule has 1 aromatic heterocycles. The lowest BCUT2D eigenvalue weighted by molar-refractivity contribution is 0.0542. The molecule has 1 N–H and O–H groups in total. The van der Waals surface area contributed by atoms with Crippen LogP contribution in [0.4, 0.5) is 5.95 Å². The Hall–Kier alpha value is -2.34. The summed E-state index contributed by atoms with van der Waals surface area (Å²) >= 11 is 0. The van der Waals surface area contributed by atoms with Gasteiger partial charge in [0, 0.05) is 36.6 Å². The molecule has 2 aliphatic rings. The number of aryl methyl sites for hydroxylation is 2. The highest BCUT2D eigenvalue weighted by Crippen LogP contribution is 2.40. The molecule has 0 saturated carbocycles. The summed E-state index contributed by atoms with van der Waals surface area (Å²) in [5, 5.41) is 3.45. The van der Waals surface area contributed by atoms with Gasteiger partial charge in [-0.2, -0.15) is 0 Å². The minimum absolute atomic E-state index is 0.0275. The molecule has 1 fully saturated rings. The van der Waals surface area contributed by atoms with Crippen LogP contribution in [0.5, 0.6) is 11.5 Å². The zero-order chi connectivity index (χ0) is 17.3. The monoisotopic (exact) mass is 341 g/mol. The molecule has 1 aromatic carbocycles. The van der Waals surface area contributed by atoms with Gasteiger partial charge in [-0.05, 0) is 50.5 Å². The molecular weight excluding hydrogens is 318 g/mol. The van der Waals surface area contributed by atoms with Gasteiger partial charge < -0.3 is 19.5 Å². The molecule has 2 aromatic rings. The minimum atomic E-state index is -0.0275. The third-order valence-electron chi connectivity index (χ3n) is 5.00. The normalized spacial score (nSPS) is 18.2. The number of ether oxygens (including phenoxy) is 3. The first-order valence-electron chi connectivity index (χ1n) is 8.69. The van der Waals surface area contributed by atoms with E-state index in [1.807, 2.05) is 26.0 Å². The first kappa shape index (κ1) is 16.1. The van der Waals surface area contributed by atoms with Crippen LogP contribution in [0, 0.1) is 13.8 Å². The van der Waals surface area contributed by atoms with Crippen molar-refractivity contribution in [2.75, 3.05) is 31.9 Å². The average molecular weight is 341 g/mol. The van der Waals surface area contributed by atoms with Crippen LogP contribution in [-0.2, 0) is 10.2 Å². The first-order valence-corrected chi connectivity index (χ1v) is 8.69. The number of aromatic nitrogens is 2. The molecule has 0 atom stereocenters. The molecule has 0 amide bonds. The third kappa shape index (κ3) is 3.26. The molecule has 0 bridgehead atoms. The second kappa shape index (κ2) is 6.52. The van der Waals surface area contributed by atoms with Gasteiger partial charge in [0.05, 0.1) is 0 Å².